The number of amides is 1. The first-order valence-electron chi connectivity index (χ1n) is 9.65. The monoisotopic (exact) mass is 392 g/mol. The number of nitrogens with zero attached hydrogens (tertiary/aromatic N) is 3. The summed E-state index contributed by atoms with van der Waals surface area (Å²) in [5.74, 6) is -0.304. The summed E-state index contributed by atoms with van der Waals surface area (Å²) in [5.41, 5.74) is -0.277. The minimum Gasteiger partial charge on any atom is -0.330 e. The first kappa shape index (κ1) is 19.0. The topological polar surface area (TPSA) is 50.2 Å². The van der Waals surface area contributed by atoms with Crippen LogP contribution in [0.15, 0.2) is 36.5 Å². The zero-order valence-electron chi connectivity index (χ0n) is 15.5. The number of benzene rings is 1. The molecular weight excluding hydrogens is 369 g/mol. The zero-order chi connectivity index (χ0) is 19.7. The Morgan fingerprint density at radius 3 is 2.68 bits per heavy atom. The molecular formula is C20H23F3N4O. The maximum Gasteiger partial charge on any atom is 0.416 e. The number of piperidine rings is 1. The number of nitrogens with one attached hydrogen (secondary N) is 1. The van der Waals surface area contributed by atoms with Crippen LogP contribution in [0.25, 0.3) is 0 Å². The molecule has 0 radical (unpaired) electrons. The molecule has 1 unspecified atom stereocenters. The Labute approximate surface area is 161 Å². The maximum absolute atomic E-state index is 13.3. The average Bonchev–Trinajstić information content (AvgIpc) is 3.41. The lowest BCUT2D eigenvalue weighted by molar-refractivity contribution is -0.138. The molecule has 1 aliphatic carbocycles. The summed E-state index contributed by atoms with van der Waals surface area (Å²) in [7, 11) is 0. The van der Waals surface area contributed by atoms with Gasteiger partial charge in [0.05, 0.1) is 11.6 Å². The molecule has 1 aromatic carbocycles. The van der Waals surface area contributed by atoms with Gasteiger partial charge in [-0.15, -0.1) is 0 Å². The molecule has 0 spiro atoms. The lowest BCUT2D eigenvalue weighted by atomic mass is 10.1. The summed E-state index contributed by atoms with van der Waals surface area (Å²) in [6, 6.07) is 7.31. The van der Waals surface area contributed by atoms with E-state index in [0.717, 1.165) is 44.8 Å². The number of carbonyl (C=O) groups is 1. The van der Waals surface area contributed by atoms with Crippen molar-refractivity contribution < 1.29 is 18.0 Å². The molecule has 1 amide bonds. The first-order valence-corrected chi connectivity index (χ1v) is 9.65. The number of rotatable bonds is 5. The fraction of sp³-hybridized carbons (Fsp3) is 0.500. The molecule has 8 heteroatoms. The SMILES string of the molecule is O=C(c1ccn(C2CCCNC2)n1)N(Cc1ccccc1C(F)(F)F)C1CC1. The average molecular weight is 392 g/mol. The number of aromatic nitrogens is 2. The summed E-state index contributed by atoms with van der Waals surface area (Å²) in [6.45, 7) is 1.73. The molecule has 4 rings (SSSR count). The van der Waals surface area contributed by atoms with E-state index >= 15 is 0 Å². The minimum atomic E-state index is -4.44. The van der Waals surface area contributed by atoms with Crippen molar-refractivity contribution >= 4 is 5.91 Å². The Morgan fingerprint density at radius 1 is 1.21 bits per heavy atom. The van der Waals surface area contributed by atoms with Crippen LogP contribution in [0.3, 0.4) is 0 Å². The lowest BCUT2D eigenvalue weighted by Gasteiger charge is -2.24. The molecule has 150 valence electrons. The van der Waals surface area contributed by atoms with Crippen LogP contribution in [-0.2, 0) is 12.7 Å². The van der Waals surface area contributed by atoms with E-state index in [-0.39, 0.29) is 30.1 Å². The van der Waals surface area contributed by atoms with Gasteiger partial charge in [0.15, 0.2) is 0 Å². The van der Waals surface area contributed by atoms with Gasteiger partial charge in [-0.1, -0.05) is 18.2 Å². The molecule has 1 saturated carbocycles. The fourth-order valence-corrected chi connectivity index (χ4v) is 3.73. The van der Waals surface area contributed by atoms with Gasteiger partial charge >= 0.3 is 6.18 Å². The summed E-state index contributed by atoms with van der Waals surface area (Å²) >= 11 is 0. The van der Waals surface area contributed by atoms with E-state index in [0.29, 0.717) is 5.69 Å². The van der Waals surface area contributed by atoms with E-state index in [4.69, 9.17) is 0 Å². The quantitative estimate of drug-likeness (QED) is 0.845. The van der Waals surface area contributed by atoms with Crippen LogP contribution in [0, 0.1) is 0 Å². The lowest BCUT2D eigenvalue weighted by Crippen LogP contribution is -2.34. The third kappa shape index (κ3) is 4.06. The highest BCUT2D eigenvalue weighted by Crippen LogP contribution is 2.35. The van der Waals surface area contributed by atoms with Gasteiger partial charge in [-0.3, -0.25) is 9.48 Å². The highest BCUT2D eigenvalue weighted by Gasteiger charge is 2.37. The first-order chi connectivity index (χ1) is 13.4. The van der Waals surface area contributed by atoms with E-state index in [2.05, 4.69) is 10.4 Å². The van der Waals surface area contributed by atoms with Gasteiger partial charge < -0.3 is 10.2 Å². The Balaban J connectivity index is 1.55. The molecule has 1 aromatic heterocycles. The van der Waals surface area contributed by atoms with Crippen molar-refractivity contribution in [2.45, 2.75) is 50.5 Å². The number of hydrogen-bond acceptors (Lipinski definition) is 3. The van der Waals surface area contributed by atoms with Crippen LogP contribution in [0.2, 0.25) is 0 Å². The minimum absolute atomic E-state index is 0.0183. The summed E-state index contributed by atoms with van der Waals surface area (Å²) in [4.78, 5) is 14.6. The summed E-state index contributed by atoms with van der Waals surface area (Å²) in [5, 5.41) is 7.75. The molecule has 2 fully saturated rings. The molecule has 0 bridgehead atoms. The van der Waals surface area contributed by atoms with Gasteiger partial charge in [-0.2, -0.15) is 18.3 Å². The van der Waals surface area contributed by atoms with Crippen LogP contribution in [0.4, 0.5) is 13.2 Å². The van der Waals surface area contributed by atoms with Crippen LogP contribution in [0.5, 0.6) is 0 Å². The number of carbonyl (C=O) groups excluding carboxylic acids is 1. The van der Waals surface area contributed by atoms with Crippen LogP contribution in [0.1, 0.15) is 53.3 Å². The van der Waals surface area contributed by atoms with Crippen molar-refractivity contribution in [3.63, 3.8) is 0 Å². The van der Waals surface area contributed by atoms with Gasteiger partial charge in [-0.25, -0.2) is 0 Å². The second kappa shape index (κ2) is 7.58. The van der Waals surface area contributed by atoms with E-state index in [1.165, 1.54) is 17.0 Å². The second-order valence-electron chi connectivity index (χ2n) is 7.50. The molecule has 28 heavy (non-hydrogen) atoms. The van der Waals surface area contributed by atoms with E-state index in [1.54, 1.807) is 23.0 Å². The Morgan fingerprint density at radius 2 is 2.00 bits per heavy atom. The third-order valence-electron chi connectivity index (χ3n) is 5.38. The van der Waals surface area contributed by atoms with E-state index in [9.17, 15) is 18.0 Å². The zero-order valence-corrected chi connectivity index (χ0v) is 15.5. The van der Waals surface area contributed by atoms with Crippen molar-refractivity contribution in [3.05, 3.63) is 53.3 Å². The number of alkyl halides is 3. The van der Waals surface area contributed by atoms with Gasteiger partial charge in [-0.05, 0) is 49.9 Å². The van der Waals surface area contributed by atoms with Crippen molar-refractivity contribution in [1.29, 1.82) is 0 Å². The highest BCUT2D eigenvalue weighted by atomic mass is 19.4. The van der Waals surface area contributed by atoms with Gasteiger partial charge in [0.2, 0.25) is 0 Å². The van der Waals surface area contributed by atoms with E-state index < -0.39 is 11.7 Å². The predicted molar refractivity (Wildman–Crippen MR) is 97.7 cm³/mol. The Bertz CT molecular complexity index is 838. The molecule has 5 nitrogen and oxygen atoms in total. The van der Waals surface area contributed by atoms with Gasteiger partial charge in [0, 0.05) is 25.3 Å². The van der Waals surface area contributed by atoms with Gasteiger partial charge in [0.25, 0.3) is 5.91 Å². The molecule has 1 saturated heterocycles. The smallest absolute Gasteiger partial charge is 0.330 e. The largest absolute Gasteiger partial charge is 0.416 e. The standard InChI is InChI=1S/C20H23F3N4O/c21-20(22,23)17-6-2-1-4-14(17)13-26(15-7-8-15)19(28)18-9-11-27(25-18)16-5-3-10-24-12-16/h1-2,4,6,9,11,15-16,24H,3,5,7-8,10,12-13H2. The summed E-state index contributed by atoms with van der Waals surface area (Å²) < 4.78 is 41.8. The highest BCUT2D eigenvalue weighted by molar-refractivity contribution is 5.92. The second-order valence-corrected chi connectivity index (χ2v) is 7.50. The van der Waals surface area contributed by atoms with Gasteiger partial charge in [0.1, 0.15) is 5.69 Å². The summed E-state index contributed by atoms with van der Waals surface area (Å²) in [6.07, 6.45) is 1.02. The normalized spacial score (nSPS) is 20.2. The van der Waals surface area contributed by atoms with Crippen molar-refractivity contribution in [2.75, 3.05) is 13.1 Å². The predicted octanol–water partition coefficient (Wildman–Crippen LogP) is 3.63. The molecule has 2 aliphatic rings. The van der Waals surface area contributed by atoms with Crippen molar-refractivity contribution in [1.82, 2.24) is 20.0 Å². The molecule has 1 aliphatic heterocycles. The fourth-order valence-electron chi connectivity index (χ4n) is 3.73. The Kier molecular flexibility index (Phi) is 5.14. The Hall–Kier alpha value is -2.35. The van der Waals surface area contributed by atoms with E-state index in [1.807, 2.05) is 0 Å². The molecule has 1 atom stereocenters. The van der Waals surface area contributed by atoms with Crippen molar-refractivity contribution in [2.24, 2.45) is 0 Å². The molecule has 2 heterocycles. The number of hydrogen-bond donors (Lipinski definition) is 1. The van der Waals surface area contributed by atoms with Crippen LogP contribution < -0.4 is 5.32 Å². The van der Waals surface area contributed by atoms with Crippen LogP contribution >= 0.6 is 0 Å². The third-order valence-corrected chi connectivity index (χ3v) is 5.38. The number of halogens is 3. The molecule has 1 N–H and O–H groups in total. The molecule has 2 aromatic rings. The van der Waals surface area contributed by atoms with Crippen LogP contribution in [-0.4, -0.2) is 39.7 Å². The maximum atomic E-state index is 13.3. The van der Waals surface area contributed by atoms with Crippen molar-refractivity contribution in [3.8, 4) is 0 Å².